The van der Waals surface area contributed by atoms with Gasteiger partial charge in [-0.1, -0.05) is 6.08 Å². The third-order valence-corrected chi connectivity index (χ3v) is 4.16. The zero-order valence-electron chi connectivity index (χ0n) is 12.1. The lowest BCUT2D eigenvalue weighted by molar-refractivity contribution is -0.138. The van der Waals surface area contributed by atoms with Gasteiger partial charge in [0, 0.05) is 29.5 Å². The smallest absolute Gasteiger partial charge is 0.303 e. The normalized spacial score (nSPS) is 18.8. The Labute approximate surface area is 128 Å². The molecular weight excluding hydrogens is 284 g/mol. The second-order valence-electron chi connectivity index (χ2n) is 5.61. The molecule has 6 nitrogen and oxygen atoms in total. The fourth-order valence-electron chi connectivity index (χ4n) is 3.02. The van der Waals surface area contributed by atoms with Gasteiger partial charge >= 0.3 is 11.9 Å². The average molecular weight is 302 g/mol. The SMILES string of the molecule is O=C(O)CCc1ccc2n1CN1C(=C2)C=CC1CCC(=O)O. The van der Waals surface area contributed by atoms with Gasteiger partial charge in [0.2, 0.25) is 0 Å². The number of fused-ring (bicyclic) bond motifs is 2. The molecule has 0 bridgehead atoms. The Bertz CT molecular complexity index is 672. The number of nitrogens with zero attached hydrogens (tertiary/aromatic N) is 2. The Balaban J connectivity index is 1.76. The van der Waals surface area contributed by atoms with Crippen LogP contribution in [0.2, 0.25) is 0 Å². The summed E-state index contributed by atoms with van der Waals surface area (Å²) >= 11 is 0. The molecule has 1 aromatic rings. The average Bonchev–Trinajstić information content (AvgIpc) is 3.04. The summed E-state index contributed by atoms with van der Waals surface area (Å²) in [5.74, 6) is -1.59. The third kappa shape index (κ3) is 2.77. The first-order valence-corrected chi connectivity index (χ1v) is 7.33. The number of carbonyl (C=O) groups is 2. The van der Waals surface area contributed by atoms with Crippen LogP contribution in [0.15, 0.2) is 30.0 Å². The van der Waals surface area contributed by atoms with Crippen LogP contribution < -0.4 is 0 Å². The Kier molecular flexibility index (Phi) is 3.75. The molecule has 2 aliphatic rings. The minimum atomic E-state index is -0.801. The lowest BCUT2D eigenvalue weighted by atomic mass is 10.1. The molecule has 0 fully saturated rings. The third-order valence-electron chi connectivity index (χ3n) is 4.16. The van der Waals surface area contributed by atoms with E-state index in [4.69, 9.17) is 10.2 Å². The van der Waals surface area contributed by atoms with Crippen LogP contribution in [0, 0.1) is 0 Å². The lowest BCUT2D eigenvalue weighted by Crippen LogP contribution is -2.34. The Morgan fingerprint density at radius 2 is 1.95 bits per heavy atom. The molecule has 0 amide bonds. The van der Waals surface area contributed by atoms with Crippen molar-refractivity contribution in [2.75, 3.05) is 0 Å². The highest BCUT2D eigenvalue weighted by molar-refractivity contribution is 5.67. The van der Waals surface area contributed by atoms with Crippen LogP contribution in [-0.4, -0.2) is 37.7 Å². The van der Waals surface area contributed by atoms with E-state index in [-0.39, 0.29) is 18.9 Å². The second-order valence-corrected chi connectivity index (χ2v) is 5.61. The van der Waals surface area contributed by atoms with Gasteiger partial charge in [-0.25, -0.2) is 0 Å². The number of carboxylic acid groups (broad SMARTS) is 2. The van der Waals surface area contributed by atoms with E-state index in [0.717, 1.165) is 17.1 Å². The van der Waals surface area contributed by atoms with Gasteiger partial charge in [-0.15, -0.1) is 0 Å². The Morgan fingerprint density at radius 1 is 1.18 bits per heavy atom. The second kappa shape index (κ2) is 5.71. The van der Waals surface area contributed by atoms with E-state index in [2.05, 4.69) is 15.5 Å². The number of aryl methyl sites for hydroxylation is 1. The van der Waals surface area contributed by atoms with Gasteiger partial charge in [-0.3, -0.25) is 9.59 Å². The molecule has 0 spiro atoms. The van der Waals surface area contributed by atoms with Crippen LogP contribution in [0.1, 0.15) is 30.7 Å². The van der Waals surface area contributed by atoms with E-state index >= 15 is 0 Å². The topological polar surface area (TPSA) is 82.8 Å². The summed E-state index contributed by atoms with van der Waals surface area (Å²) in [5.41, 5.74) is 3.15. The number of hydrogen-bond acceptors (Lipinski definition) is 3. The molecule has 0 saturated heterocycles. The molecule has 0 radical (unpaired) electrons. The van der Waals surface area contributed by atoms with Crippen LogP contribution >= 0.6 is 0 Å². The highest BCUT2D eigenvalue weighted by Crippen LogP contribution is 2.31. The van der Waals surface area contributed by atoms with Crippen molar-refractivity contribution in [2.45, 2.75) is 38.4 Å². The zero-order chi connectivity index (χ0) is 15.7. The quantitative estimate of drug-likeness (QED) is 0.839. The summed E-state index contributed by atoms with van der Waals surface area (Å²) < 4.78 is 2.10. The van der Waals surface area contributed by atoms with Crippen molar-refractivity contribution in [3.63, 3.8) is 0 Å². The van der Waals surface area contributed by atoms with Gasteiger partial charge in [-0.2, -0.15) is 0 Å². The van der Waals surface area contributed by atoms with E-state index in [9.17, 15) is 9.59 Å². The molecule has 0 aromatic carbocycles. The molecule has 0 saturated carbocycles. The monoisotopic (exact) mass is 302 g/mol. The molecule has 1 unspecified atom stereocenters. The maximum absolute atomic E-state index is 10.8. The zero-order valence-corrected chi connectivity index (χ0v) is 12.1. The first-order chi connectivity index (χ1) is 10.5. The number of carboxylic acids is 2. The highest BCUT2D eigenvalue weighted by atomic mass is 16.4. The standard InChI is InChI=1S/C16H18N2O4/c19-15(20)7-5-11-1-3-13-9-14-4-2-12(6-8-16(21)22)18(14)10-17(11)13/h1-4,9,11H,5-8,10H2,(H,19,20)(H,21,22). The van der Waals surface area contributed by atoms with E-state index in [1.165, 1.54) is 0 Å². The lowest BCUT2D eigenvalue weighted by Gasteiger charge is -2.33. The van der Waals surface area contributed by atoms with Crippen molar-refractivity contribution in [3.8, 4) is 0 Å². The molecule has 2 aliphatic heterocycles. The first-order valence-electron chi connectivity index (χ1n) is 7.33. The van der Waals surface area contributed by atoms with E-state index in [1.54, 1.807) is 0 Å². The molecular formula is C16H18N2O4. The summed E-state index contributed by atoms with van der Waals surface area (Å²) in [6, 6.07) is 4.05. The van der Waals surface area contributed by atoms with Gasteiger partial charge < -0.3 is 19.7 Å². The minimum Gasteiger partial charge on any atom is -0.481 e. The van der Waals surface area contributed by atoms with Crippen molar-refractivity contribution in [2.24, 2.45) is 0 Å². The number of aromatic nitrogens is 1. The van der Waals surface area contributed by atoms with Crippen LogP contribution in [0.3, 0.4) is 0 Å². The number of rotatable bonds is 6. The van der Waals surface area contributed by atoms with Crippen molar-refractivity contribution in [3.05, 3.63) is 41.4 Å². The summed E-state index contributed by atoms with van der Waals surface area (Å²) in [6.45, 7) is 0.639. The number of allylic oxidation sites excluding steroid dienone is 1. The predicted octanol–water partition coefficient (Wildman–Crippen LogP) is 1.92. The van der Waals surface area contributed by atoms with Crippen molar-refractivity contribution >= 4 is 18.0 Å². The molecule has 0 aliphatic carbocycles. The number of aliphatic carboxylic acids is 2. The van der Waals surface area contributed by atoms with Crippen molar-refractivity contribution in [1.82, 2.24) is 9.47 Å². The minimum absolute atomic E-state index is 0.0882. The van der Waals surface area contributed by atoms with Crippen molar-refractivity contribution < 1.29 is 19.8 Å². The molecule has 1 aromatic heterocycles. The summed E-state index contributed by atoms with van der Waals surface area (Å²) in [6.07, 6.45) is 7.46. The molecule has 22 heavy (non-hydrogen) atoms. The van der Waals surface area contributed by atoms with Gasteiger partial charge in [0.05, 0.1) is 13.1 Å². The number of hydrogen-bond donors (Lipinski definition) is 2. The van der Waals surface area contributed by atoms with Crippen LogP contribution in [-0.2, 0) is 22.7 Å². The summed E-state index contributed by atoms with van der Waals surface area (Å²) in [5, 5.41) is 17.7. The molecule has 116 valence electrons. The largest absolute Gasteiger partial charge is 0.481 e. The summed E-state index contributed by atoms with van der Waals surface area (Å²) in [4.78, 5) is 23.7. The molecule has 3 heterocycles. The Hall–Kier alpha value is -2.50. The first kappa shape index (κ1) is 14.4. The van der Waals surface area contributed by atoms with Gasteiger partial charge in [0.25, 0.3) is 0 Å². The fraction of sp³-hybridized carbons (Fsp3) is 0.375. The molecule has 1 atom stereocenters. The van der Waals surface area contributed by atoms with E-state index in [0.29, 0.717) is 19.5 Å². The van der Waals surface area contributed by atoms with E-state index < -0.39 is 11.9 Å². The highest BCUT2D eigenvalue weighted by Gasteiger charge is 2.27. The predicted molar refractivity (Wildman–Crippen MR) is 80.0 cm³/mol. The molecule has 6 heteroatoms. The van der Waals surface area contributed by atoms with Crippen LogP contribution in [0.4, 0.5) is 0 Å². The van der Waals surface area contributed by atoms with E-state index in [1.807, 2.05) is 24.3 Å². The summed E-state index contributed by atoms with van der Waals surface area (Å²) in [7, 11) is 0. The molecule has 3 rings (SSSR count). The van der Waals surface area contributed by atoms with Gasteiger partial charge in [-0.05, 0) is 37.1 Å². The Morgan fingerprint density at radius 3 is 2.68 bits per heavy atom. The van der Waals surface area contributed by atoms with Crippen LogP contribution in [0.5, 0.6) is 0 Å². The maximum Gasteiger partial charge on any atom is 0.303 e. The van der Waals surface area contributed by atoms with Gasteiger partial charge in [0.15, 0.2) is 0 Å². The van der Waals surface area contributed by atoms with Crippen molar-refractivity contribution in [1.29, 1.82) is 0 Å². The van der Waals surface area contributed by atoms with Gasteiger partial charge in [0.1, 0.15) is 0 Å². The fourth-order valence-corrected chi connectivity index (χ4v) is 3.02. The maximum atomic E-state index is 10.8. The van der Waals surface area contributed by atoms with Crippen LogP contribution in [0.25, 0.3) is 6.08 Å². The molecule has 2 N–H and O–H groups in total.